The maximum absolute atomic E-state index is 12.5. The first-order valence-electron chi connectivity index (χ1n) is 9.66. The first kappa shape index (κ1) is 22.3. The van der Waals surface area contributed by atoms with Gasteiger partial charge >= 0.3 is 0 Å². The molecule has 2 aromatic carbocycles. The molecule has 0 radical (unpaired) electrons. The average molecular weight is 441 g/mol. The van der Waals surface area contributed by atoms with Gasteiger partial charge in [-0.15, -0.1) is 0 Å². The third-order valence-corrected chi connectivity index (χ3v) is 4.47. The number of hydrogen-bond acceptors (Lipinski definition) is 6. The highest BCUT2D eigenvalue weighted by Crippen LogP contribution is 2.31. The predicted octanol–water partition coefficient (Wildman–Crippen LogP) is 4.36. The standard InChI is InChI=1S/C23H24N2O5S/c1-14(2)29-17-7-4-15(5-8-17)22(27)25-23(31)24-19-12-16(6-10-21(19)28-3)20-11-9-18(13-26)30-20/h4-12,14,26H,13H2,1-3H3,(H2,24,25,27,31). The van der Waals surface area contributed by atoms with Crippen molar-refractivity contribution >= 4 is 28.9 Å². The predicted molar refractivity (Wildman–Crippen MR) is 123 cm³/mol. The molecule has 3 rings (SSSR count). The SMILES string of the molecule is COc1ccc(-c2ccc(CO)o2)cc1NC(=S)NC(=O)c1ccc(OC(C)C)cc1. The largest absolute Gasteiger partial charge is 0.495 e. The number of rotatable bonds is 7. The Kier molecular flexibility index (Phi) is 7.28. The van der Waals surface area contributed by atoms with Crippen LogP contribution in [0.3, 0.4) is 0 Å². The van der Waals surface area contributed by atoms with Gasteiger partial charge in [-0.05, 0) is 80.7 Å². The van der Waals surface area contributed by atoms with Gasteiger partial charge in [-0.1, -0.05) is 0 Å². The summed E-state index contributed by atoms with van der Waals surface area (Å²) < 4.78 is 16.5. The second kappa shape index (κ2) is 10.1. The summed E-state index contributed by atoms with van der Waals surface area (Å²) in [6, 6.07) is 15.7. The quantitative estimate of drug-likeness (QED) is 0.470. The zero-order chi connectivity index (χ0) is 22.4. The zero-order valence-electron chi connectivity index (χ0n) is 17.5. The van der Waals surface area contributed by atoms with Crippen molar-refractivity contribution in [1.29, 1.82) is 0 Å². The molecule has 0 aliphatic carbocycles. The summed E-state index contributed by atoms with van der Waals surface area (Å²) in [5, 5.41) is 15.0. The Balaban J connectivity index is 1.70. The lowest BCUT2D eigenvalue weighted by atomic mass is 10.1. The van der Waals surface area contributed by atoms with E-state index in [9.17, 15) is 9.90 Å². The van der Waals surface area contributed by atoms with E-state index in [1.807, 2.05) is 19.9 Å². The molecule has 0 saturated heterocycles. The minimum Gasteiger partial charge on any atom is -0.495 e. The number of nitrogens with one attached hydrogen (secondary N) is 2. The molecule has 1 heterocycles. The molecule has 0 unspecified atom stereocenters. The van der Waals surface area contributed by atoms with E-state index in [4.69, 9.17) is 26.1 Å². The van der Waals surface area contributed by atoms with E-state index in [1.165, 1.54) is 0 Å². The number of anilines is 1. The number of hydrogen-bond donors (Lipinski definition) is 3. The topological polar surface area (TPSA) is 93.0 Å². The molecule has 3 N–H and O–H groups in total. The van der Waals surface area contributed by atoms with Crippen molar-refractivity contribution in [3.8, 4) is 22.8 Å². The second-order valence-electron chi connectivity index (χ2n) is 6.94. The van der Waals surface area contributed by atoms with Crippen LogP contribution in [-0.2, 0) is 6.61 Å². The molecule has 0 spiro atoms. The van der Waals surface area contributed by atoms with Crippen molar-refractivity contribution in [3.63, 3.8) is 0 Å². The van der Waals surface area contributed by atoms with E-state index in [0.717, 1.165) is 5.56 Å². The summed E-state index contributed by atoms with van der Waals surface area (Å²) in [6.07, 6.45) is 0.0543. The number of ether oxygens (including phenoxy) is 2. The van der Waals surface area contributed by atoms with Crippen LogP contribution in [0.1, 0.15) is 30.0 Å². The van der Waals surface area contributed by atoms with Gasteiger partial charge in [-0.2, -0.15) is 0 Å². The number of furan rings is 1. The van der Waals surface area contributed by atoms with Crippen molar-refractivity contribution in [2.45, 2.75) is 26.6 Å². The summed E-state index contributed by atoms with van der Waals surface area (Å²) >= 11 is 5.31. The third-order valence-electron chi connectivity index (χ3n) is 4.27. The molecule has 0 aliphatic heterocycles. The monoisotopic (exact) mass is 440 g/mol. The molecule has 8 heteroatoms. The van der Waals surface area contributed by atoms with Gasteiger partial charge in [0.2, 0.25) is 0 Å². The Hall–Kier alpha value is -3.36. The van der Waals surface area contributed by atoms with Crippen LogP contribution < -0.4 is 20.1 Å². The number of carbonyl (C=O) groups is 1. The van der Waals surface area contributed by atoms with Gasteiger partial charge in [0, 0.05) is 11.1 Å². The number of carbonyl (C=O) groups excluding carboxylic acids is 1. The molecule has 1 amide bonds. The lowest BCUT2D eigenvalue weighted by Crippen LogP contribution is -2.34. The molecular weight excluding hydrogens is 416 g/mol. The van der Waals surface area contributed by atoms with Crippen LogP contribution in [-0.4, -0.2) is 29.3 Å². The normalized spacial score (nSPS) is 10.6. The number of benzene rings is 2. The first-order valence-corrected chi connectivity index (χ1v) is 10.1. The Morgan fingerprint density at radius 2 is 1.87 bits per heavy atom. The summed E-state index contributed by atoms with van der Waals surface area (Å²) in [7, 11) is 1.54. The average Bonchev–Trinajstić information content (AvgIpc) is 3.23. The van der Waals surface area contributed by atoms with E-state index in [2.05, 4.69) is 10.6 Å². The lowest BCUT2D eigenvalue weighted by molar-refractivity contribution is 0.0977. The number of thiocarbonyl (C=S) groups is 1. The van der Waals surface area contributed by atoms with Crippen LogP contribution in [0.5, 0.6) is 11.5 Å². The molecule has 0 saturated carbocycles. The fourth-order valence-electron chi connectivity index (χ4n) is 2.86. The van der Waals surface area contributed by atoms with Crippen molar-refractivity contribution in [2.24, 2.45) is 0 Å². The molecule has 31 heavy (non-hydrogen) atoms. The van der Waals surface area contributed by atoms with Crippen molar-refractivity contribution in [3.05, 3.63) is 65.9 Å². The molecule has 162 valence electrons. The Morgan fingerprint density at radius 1 is 1.13 bits per heavy atom. The highest BCUT2D eigenvalue weighted by atomic mass is 32.1. The summed E-state index contributed by atoms with van der Waals surface area (Å²) in [6.45, 7) is 3.69. The van der Waals surface area contributed by atoms with E-state index < -0.39 is 0 Å². The van der Waals surface area contributed by atoms with Crippen molar-refractivity contribution < 1.29 is 23.8 Å². The smallest absolute Gasteiger partial charge is 0.257 e. The second-order valence-corrected chi connectivity index (χ2v) is 7.35. The van der Waals surface area contributed by atoms with Gasteiger partial charge in [-0.3, -0.25) is 10.1 Å². The highest BCUT2D eigenvalue weighted by molar-refractivity contribution is 7.80. The van der Waals surface area contributed by atoms with E-state index in [0.29, 0.717) is 34.3 Å². The number of methoxy groups -OCH3 is 1. The van der Waals surface area contributed by atoms with Crippen molar-refractivity contribution in [1.82, 2.24) is 5.32 Å². The fraction of sp³-hybridized carbons (Fsp3) is 0.217. The van der Waals surface area contributed by atoms with Gasteiger partial charge in [0.1, 0.15) is 29.6 Å². The fourth-order valence-corrected chi connectivity index (χ4v) is 3.07. The van der Waals surface area contributed by atoms with Gasteiger partial charge in [0.15, 0.2) is 5.11 Å². The zero-order valence-corrected chi connectivity index (χ0v) is 18.3. The third kappa shape index (κ3) is 5.84. The maximum atomic E-state index is 12.5. The summed E-state index contributed by atoms with van der Waals surface area (Å²) in [5.41, 5.74) is 1.78. The van der Waals surface area contributed by atoms with Crippen LogP contribution in [0.15, 0.2) is 59.0 Å². The number of aliphatic hydroxyl groups is 1. The van der Waals surface area contributed by atoms with Crippen molar-refractivity contribution in [2.75, 3.05) is 12.4 Å². The molecule has 7 nitrogen and oxygen atoms in total. The minimum absolute atomic E-state index is 0.0543. The minimum atomic E-state index is -0.345. The molecular formula is C23H24N2O5S. The van der Waals surface area contributed by atoms with Gasteiger partial charge in [0.25, 0.3) is 5.91 Å². The Labute approximate surface area is 186 Å². The first-order chi connectivity index (χ1) is 14.9. The summed E-state index contributed by atoms with van der Waals surface area (Å²) in [4.78, 5) is 12.5. The molecule has 1 aromatic heterocycles. The molecule has 0 aliphatic rings. The Morgan fingerprint density at radius 3 is 2.48 bits per heavy atom. The number of aliphatic hydroxyl groups excluding tert-OH is 1. The molecule has 0 fully saturated rings. The summed E-state index contributed by atoms with van der Waals surface area (Å²) in [5.74, 6) is 1.95. The molecule has 3 aromatic rings. The Bertz CT molecular complexity index is 1060. The van der Waals surface area contributed by atoms with E-state index >= 15 is 0 Å². The maximum Gasteiger partial charge on any atom is 0.257 e. The van der Waals surface area contributed by atoms with Crippen LogP contribution in [0.25, 0.3) is 11.3 Å². The molecule has 0 bridgehead atoms. The highest BCUT2D eigenvalue weighted by Gasteiger charge is 2.13. The van der Waals surface area contributed by atoms with Gasteiger partial charge in [-0.25, -0.2) is 0 Å². The van der Waals surface area contributed by atoms with E-state index in [1.54, 1.807) is 55.6 Å². The van der Waals surface area contributed by atoms with Crippen LogP contribution in [0, 0.1) is 0 Å². The van der Waals surface area contributed by atoms with E-state index in [-0.39, 0.29) is 23.7 Å². The number of amides is 1. The van der Waals surface area contributed by atoms with Gasteiger partial charge < -0.3 is 24.3 Å². The molecule has 0 atom stereocenters. The van der Waals surface area contributed by atoms with Crippen LogP contribution in [0.4, 0.5) is 5.69 Å². The lowest BCUT2D eigenvalue weighted by Gasteiger charge is -2.14. The van der Waals surface area contributed by atoms with Crippen LogP contribution >= 0.6 is 12.2 Å². The van der Waals surface area contributed by atoms with Crippen LogP contribution in [0.2, 0.25) is 0 Å². The van der Waals surface area contributed by atoms with Gasteiger partial charge in [0.05, 0.1) is 18.9 Å².